The monoisotopic (exact) mass is 356 g/mol. The first-order chi connectivity index (χ1) is 12.0. The Bertz CT molecular complexity index is 730. The Hall–Kier alpha value is -1.65. The van der Waals surface area contributed by atoms with Gasteiger partial charge in [0.25, 0.3) is 5.91 Å². The molecule has 1 atom stereocenters. The second-order valence-electron chi connectivity index (χ2n) is 7.37. The lowest BCUT2D eigenvalue weighted by Crippen LogP contribution is -2.53. The van der Waals surface area contributed by atoms with Gasteiger partial charge in [0, 0.05) is 16.0 Å². The predicted octanol–water partition coefficient (Wildman–Crippen LogP) is 4.71. The summed E-state index contributed by atoms with van der Waals surface area (Å²) in [5.41, 5.74) is 3.00. The highest BCUT2D eigenvalue weighted by molar-refractivity contribution is 7.10. The van der Waals surface area contributed by atoms with Gasteiger partial charge in [0.1, 0.15) is 0 Å². The molecule has 1 N–H and O–H groups in total. The quantitative estimate of drug-likeness (QED) is 0.841. The van der Waals surface area contributed by atoms with E-state index in [-0.39, 0.29) is 17.5 Å². The molecule has 0 radical (unpaired) electrons. The fourth-order valence-corrected chi connectivity index (χ4v) is 5.00. The van der Waals surface area contributed by atoms with E-state index < -0.39 is 0 Å². The summed E-state index contributed by atoms with van der Waals surface area (Å²) in [6.07, 6.45) is 4.68. The van der Waals surface area contributed by atoms with Crippen LogP contribution in [0.2, 0.25) is 0 Å². The van der Waals surface area contributed by atoms with Gasteiger partial charge in [-0.15, -0.1) is 11.3 Å². The molecule has 1 amide bonds. The molecular weight excluding hydrogens is 328 g/mol. The van der Waals surface area contributed by atoms with Crippen molar-refractivity contribution in [3.8, 4) is 0 Å². The summed E-state index contributed by atoms with van der Waals surface area (Å²) in [5, 5.41) is 5.50. The van der Waals surface area contributed by atoms with Gasteiger partial charge in [-0.05, 0) is 69.4 Å². The summed E-state index contributed by atoms with van der Waals surface area (Å²) in [6.45, 7) is 4.09. The van der Waals surface area contributed by atoms with Crippen molar-refractivity contribution in [3.63, 3.8) is 0 Å². The SMILES string of the molecule is Cc1cccc(C(=O)N[C@@H](c2cccs2)C2(N(C)C)CCCC2)c1C. The van der Waals surface area contributed by atoms with Crippen LogP contribution in [0, 0.1) is 13.8 Å². The highest BCUT2D eigenvalue weighted by Gasteiger charge is 2.45. The van der Waals surface area contributed by atoms with Gasteiger partial charge in [-0.3, -0.25) is 4.79 Å². The number of nitrogens with one attached hydrogen (secondary N) is 1. The lowest BCUT2D eigenvalue weighted by atomic mass is 9.85. The molecule has 1 aromatic heterocycles. The summed E-state index contributed by atoms with van der Waals surface area (Å²) >= 11 is 1.74. The number of aryl methyl sites for hydroxylation is 1. The topological polar surface area (TPSA) is 32.3 Å². The summed E-state index contributed by atoms with van der Waals surface area (Å²) in [6, 6.07) is 10.2. The highest BCUT2D eigenvalue weighted by Crippen LogP contribution is 2.44. The Morgan fingerprint density at radius 3 is 2.48 bits per heavy atom. The van der Waals surface area contributed by atoms with Crippen molar-refractivity contribution in [2.75, 3.05) is 14.1 Å². The molecule has 1 aromatic carbocycles. The Labute approximate surface area is 155 Å². The normalized spacial score (nSPS) is 17.6. The van der Waals surface area contributed by atoms with Crippen LogP contribution in [0.5, 0.6) is 0 Å². The molecule has 1 fully saturated rings. The number of nitrogens with zero attached hydrogens (tertiary/aromatic N) is 1. The molecule has 134 valence electrons. The van der Waals surface area contributed by atoms with Gasteiger partial charge in [0.2, 0.25) is 0 Å². The zero-order chi connectivity index (χ0) is 18.0. The van der Waals surface area contributed by atoms with Crippen LogP contribution < -0.4 is 5.32 Å². The first-order valence-electron chi connectivity index (χ1n) is 9.03. The number of thiophene rings is 1. The van der Waals surface area contributed by atoms with E-state index in [0.717, 1.165) is 29.5 Å². The van der Waals surface area contributed by atoms with Crippen LogP contribution in [-0.2, 0) is 0 Å². The number of rotatable bonds is 5. The Morgan fingerprint density at radius 1 is 1.16 bits per heavy atom. The summed E-state index contributed by atoms with van der Waals surface area (Å²) < 4.78 is 0. The number of hydrogen-bond acceptors (Lipinski definition) is 3. The fraction of sp³-hybridized carbons (Fsp3) is 0.476. The molecule has 3 rings (SSSR count). The summed E-state index contributed by atoms with van der Waals surface area (Å²) in [5.74, 6) is 0.0349. The smallest absolute Gasteiger partial charge is 0.252 e. The van der Waals surface area contributed by atoms with E-state index in [9.17, 15) is 4.79 Å². The predicted molar refractivity (Wildman–Crippen MR) is 105 cm³/mol. The van der Waals surface area contributed by atoms with E-state index in [1.807, 2.05) is 19.1 Å². The van der Waals surface area contributed by atoms with Crippen molar-refractivity contribution in [1.29, 1.82) is 0 Å². The standard InChI is InChI=1S/C21H28N2OS/c1-15-9-7-10-17(16(15)2)20(24)22-19(18-11-8-14-25-18)21(23(3)4)12-5-6-13-21/h7-11,14,19H,5-6,12-13H2,1-4H3,(H,22,24)/t19-/m0/s1. The molecule has 1 aliphatic rings. The van der Waals surface area contributed by atoms with Crippen molar-refractivity contribution in [2.24, 2.45) is 0 Å². The van der Waals surface area contributed by atoms with Crippen molar-refractivity contribution < 1.29 is 4.79 Å². The highest BCUT2D eigenvalue weighted by atomic mass is 32.1. The van der Waals surface area contributed by atoms with Crippen LogP contribution in [-0.4, -0.2) is 30.4 Å². The molecule has 25 heavy (non-hydrogen) atoms. The molecule has 1 aliphatic carbocycles. The lowest BCUT2D eigenvalue weighted by molar-refractivity contribution is 0.0772. The number of carbonyl (C=O) groups excluding carboxylic acids is 1. The summed E-state index contributed by atoms with van der Waals surface area (Å²) in [4.78, 5) is 16.7. The first-order valence-corrected chi connectivity index (χ1v) is 9.91. The third-order valence-corrected chi connectivity index (χ3v) is 6.79. The Kier molecular flexibility index (Phi) is 5.30. The zero-order valence-corrected chi connectivity index (χ0v) is 16.5. The molecule has 1 heterocycles. The number of amides is 1. The Morgan fingerprint density at radius 2 is 1.88 bits per heavy atom. The minimum absolute atomic E-state index is 0.00174. The molecule has 0 saturated heterocycles. The largest absolute Gasteiger partial charge is 0.343 e. The lowest BCUT2D eigenvalue weighted by Gasteiger charge is -2.43. The van der Waals surface area contributed by atoms with Crippen LogP contribution in [0.3, 0.4) is 0 Å². The van der Waals surface area contributed by atoms with Crippen LogP contribution in [0.1, 0.15) is 58.1 Å². The maximum Gasteiger partial charge on any atom is 0.252 e. The van der Waals surface area contributed by atoms with Crippen LogP contribution in [0.15, 0.2) is 35.7 Å². The Balaban J connectivity index is 1.96. The number of hydrogen-bond donors (Lipinski definition) is 1. The van der Waals surface area contributed by atoms with Crippen LogP contribution >= 0.6 is 11.3 Å². The molecule has 0 bridgehead atoms. The second kappa shape index (κ2) is 7.30. The zero-order valence-electron chi connectivity index (χ0n) is 15.6. The van der Waals surface area contributed by atoms with E-state index in [1.165, 1.54) is 17.7 Å². The molecule has 0 spiro atoms. The fourth-order valence-electron chi connectivity index (χ4n) is 4.11. The molecule has 3 nitrogen and oxygen atoms in total. The van der Waals surface area contributed by atoms with E-state index >= 15 is 0 Å². The second-order valence-corrected chi connectivity index (χ2v) is 8.35. The van der Waals surface area contributed by atoms with Crippen LogP contribution in [0.4, 0.5) is 0 Å². The van der Waals surface area contributed by atoms with Crippen molar-refractivity contribution in [2.45, 2.75) is 51.1 Å². The van der Waals surface area contributed by atoms with Gasteiger partial charge in [0.15, 0.2) is 0 Å². The minimum Gasteiger partial charge on any atom is -0.343 e. The van der Waals surface area contributed by atoms with Crippen molar-refractivity contribution in [3.05, 3.63) is 57.3 Å². The van der Waals surface area contributed by atoms with E-state index in [4.69, 9.17) is 0 Å². The molecular formula is C21H28N2OS. The average molecular weight is 357 g/mol. The maximum atomic E-state index is 13.1. The number of benzene rings is 1. The van der Waals surface area contributed by atoms with Gasteiger partial charge < -0.3 is 10.2 Å². The molecule has 0 unspecified atom stereocenters. The first kappa shape index (κ1) is 18.2. The molecule has 0 aliphatic heterocycles. The summed E-state index contributed by atoms with van der Waals surface area (Å²) in [7, 11) is 4.30. The van der Waals surface area contributed by atoms with Crippen LogP contribution in [0.25, 0.3) is 0 Å². The van der Waals surface area contributed by atoms with Gasteiger partial charge in [-0.2, -0.15) is 0 Å². The molecule has 2 aromatic rings. The third-order valence-electron chi connectivity index (χ3n) is 5.85. The van der Waals surface area contributed by atoms with Gasteiger partial charge in [-0.1, -0.05) is 31.0 Å². The average Bonchev–Trinajstić information content (AvgIpc) is 3.27. The van der Waals surface area contributed by atoms with Crippen molar-refractivity contribution in [1.82, 2.24) is 10.2 Å². The van der Waals surface area contributed by atoms with Gasteiger partial charge in [0.05, 0.1) is 6.04 Å². The number of carbonyl (C=O) groups is 1. The van der Waals surface area contributed by atoms with Gasteiger partial charge in [-0.25, -0.2) is 0 Å². The number of likely N-dealkylation sites (N-methyl/N-ethyl adjacent to an activating group) is 1. The minimum atomic E-state index is -0.00174. The molecule has 1 saturated carbocycles. The van der Waals surface area contributed by atoms with E-state index in [0.29, 0.717) is 0 Å². The molecule has 4 heteroatoms. The third kappa shape index (κ3) is 3.38. The van der Waals surface area contributed by atoms with Crippen molar-refractivity contribution >= 4 is 17.2 Å². The van der Waals surface area contributed by atoms with Gasteiger partial charge >= 0.3 is 0 Å². The van der Waals surface area contributed by atoms with E-state index in [2.05, 4.69) is 54.8 Å². The maximum absolute atomic E-state index is 13.1. The van der Waals surface area contributed by atoms with E-state index in [1.54, 1.807) is 11.3 Å².